The lowest BCUT2D eigenvalue weighted by Gasteiger charge is -2.22. The highest BCUT2D eigenvalue weighted by molar-refractivity contribution is 6.22. The van der Waals surface area contributed by atoms with Crippen molar-refractivity contribution in [1.29, 1.82) is 0 Å². The van der Waals surface area contributed by atoms with Gasteiger partial charge < -0.3 is 0 Å². The summed E-state index contributed by atoms with van der Waals surface area (Å²) in [6, 6.07) is 6.83. The van der Waals surface area contributed by atoms with Gasteiger partial charge in [-0.15, -0.1) is 0 Å². The molecular weight excluding hydrogens is 248 g/mol. The number of hydrazine groups is 1. The second-order valence-corrected chi connectivity index (χ2v) is 4.06. The Morgan fingerprint density at radius 3 is 2.71 bits per heavy atom. The summed E-state index contributed by atoms with van der Waals surface area (Å²) in [6.07, 6.45) is 1.59. The molecule has 1 atom stereocenters. The Morgan fingerprint density at radius 1 is 1.29 bits per heavy atom. The van der Waals surface area contributed by atoms with Crippen molar-refractivity contribution in [2.45, 2.75) is 11.4 Å². The predicted octanol–water partition coefficient (Wildman–Crippen LogP) is 2.57. The maximum absolute atomic E-state index is 13.2. The number of pyridine rings is 1. The summed E-state index contributed by atoms with van der Waals surface area (Å²) < 4.78 is 26.4. The highest BCUT2D eigenvalue weighted by Crippen LogP contribution is 2.36. The van der Waals surface area contributed by atoms with Crippen LogP contribution in [0.15, 0.2) is 36.5 Å². The van der Waals surface area contributed by atoms with E-state index in [1.807, 2.05) is 5.43 Å². The molecule has 0 fully saturated rings. The second kappa shape index (κ2) is 4.52. The van der Waals surface area contributed by atoms with Gasteiger partial charge in [0.25, 0.3) is 0 Å². The van der Waals surface area contributed by atoms with Crippen molar-refractivity contribution >= 4 is 22.5 Å². The summed E-state index contributed by atoms with van der Waals surface area (Å²) in [4.78, 5) is 4.08. The molecule has 0 aliphatic carbocycles. The van der Waals surface area contributed by atoms with E-state index < -0.39 is 11.4 Å². The van der Waals surface area contributed by atoms with E-state index in [1.165, 1.54) is 0 Å². The molecule has 6 heteroatoms. The molecule has 0 radical (unpaired) electrons. The molecule has 1 heterocycles. The maximum Gasteiger partial charge on any atom is 0.342 e. The number of aromatic nitrogens is 1. The topological polar surface area (TPSA) is 50.9 Å². The molecule has 17 heavy (non-hydrogen) atoms. The summed E-state index contributed by atoms with van der Waals surface area (Å²) in [7, 11) is 0. The zero-order valence-electron chi connectivity index (χ0n) is 8.70. The molecule has 2 rings (SSSR count). The van der Waals surface area contributed by atoms with Crippen LogP contribution in [0.3, 0.4) is 0 Å². The summed E-state index contributed by atoms with van der Waals surface area (Å²) in [6.45, 7) is 0. The van der Waals surface area contributed by atoms with Gasteiger partial charge >= 0.3 is 5.38 Å². The van der Waals surface area contributed by atoms with Crippen molar-refractivity contribution in [3.05, 3.63) is 42.1 Å². The second-order valence-electron chi connectivity index (χ2n) is 3.56. The van der Waals surface area contributed by atoms with E-state index in [0.29, 0.717) is 16.5 Å². The van der Waals surface area contributed by atoms with Gasteiger partial charge in [0.15, 0.2) is 0 Å². The molecule has 1 aromatic carbocycles. The van der Waals surface area contributed by atoms with Gasteiger partial charge in [0.2, 0.25) is 0 Å². The molecule has 0 saturated heterocycles. The highest BCUT2D eigenvalue weighted by atomic mass is 35.5. The third kappa shape index (κ3) is 2.36. The zero-order valence-corrected chi connectivity index (χ0v) is 9.46. The molecular formula is C11H10ClF2N3. The average molecular weight is 258 g/mol. The smallest absolute Gasteiger partial charge is 0.271 e. The van der Waals surface area contributed by atoms with Gasteiger partial charge in [0.05, 0.1) is 5.52 Å². The molecule has 0 spiro atoms. The molecule has 0 amide bonds. The van der Waals surface area contributed by atoms with Crippen LogP contribution >= 0.6 is 11.6 Å². The number of hydrogen-bond acceptors (Lipinski definition) is 3. The number of fused-ring (bicyclic) bond motifs is 1. The number of nitrogens with one attached hydrogen (secondary N) is 1. The Bertz CT molecular complexity index is 522. The van der Waals surface area contributed by atoms with Crippen LogP contribution < -0.4 is 11.3 Å². The van der Waals surface area contributed by atoms with Crippen LogP contribution in [-0.2, 0) is 0 Å². The molecule has 1 unspecified atom stereocenters. The normalized spacial score (nSPS) is 13.9. The van der Waals surface area contributed by atoms with Crippen LogP contribution in [-0.4, -0.2) is 10.4 Å². The number of benzene rings is 1. The Kier molecular flexibility index (Phi) is 3.24. The molecule has 0 bridgehead atoms. The largest absolute Gasteiger partial charge is 0.342 e. The lowest BCUT2D eigenvalue weighted by atomic mass is 10.0. The Labute approximate surface area is 102 Å². The van der Waals surface area contributed by atoms with Crippen molar-refractivity contribution in [3.63, 3.8) is 0 Å². The fraction of sp³-hybridized carbons (Fsp3) is 0.182. The summed E-state index contributed by atoms with van der Waals surface area (Å²) in [5.74, 6) is 5.15. The lowest BCUT2D eigenvalue weighted by Crippen LogP contribution is -2.37. The van der Waals surface area contributed by atoms with Crippen LogP contribution in [0.1, 0.15) is 11.6 Å². The fourth-order valence-corrected chi connectivity index (χ4v) is 1.92. The van der Waals surface area contributed by atoms with Crippen LogP contribution in [0.4, 0.5) is 8.78 Å². The first-order valence-corrected chi connectivity index (χ1v) is 5.28. The maximum atomic E-state index is 13.2. The third-order valence-electron chi connectivity index (χ3n) is 2.48. The molecule has 3 nitrogen and oxygen atoms in total. The Hall–Kier alpha value is -1.30. The van der Waals surface area contributed by atoms with E-state index in [9.17, 15) is 8.78 Å². The molecule has 3 N–H and O–H groups in total. The van der Waals surface area contributed by atoms with Crippen LogP contribution in [0.5, 0.6) is 0 Å². The first kappa shape index (κ1) is 12.2. The molecule has 0 saturated carbocycles. The average Bonchev–Trinajstić information content (AvgIpc) is 2.28. The first-order chi connectivity index (χ1) is 8.04. The molecule has 90 valence electrons. The molecule has 2 aromatic rings. The van der Waals surface area contributed by atoms with Gasteiger partial charge in [0.1, 0.15) is 6.04 Å². The quantitative estimate of drug-likeness (QED) is 0.505. The van der Waals surface area contributed by atoms with E-state index in [4.69, 9.17) is 17.4 Å². The lowest BCUT2D eigenvalue weighted by molar-refractivity contribution is 0.0503. The minimum atomic E-state index is -3.47. The minimum Gasteiger partial charge on any atom is -0.271 e. The Morgan fingerprint density at radius 2 is 2.06 bits per heavy atom. The third-order valence-corrected chi connectivity index (χ3v) is 2.70. The SMILES string of the molecule is NNC(c1cccc2ncccc12)C(F)(F)Cl. The first-order valence-electron chi connectivity index (χ1n) is 4.90. The number of alkyl halides is 3. The number of hydrogen-bond donors (Lipinski definition) is 2. The van der Waals surface area contributed by atoms with Crippen molar-refractivity contribution in [1.82, 2.24) is 10.4 Å². The fourth-order valence-electron chi connectivity index (χ4n) is 1.74. The summed E-state index contributed by atoms with van der Waals surface area (Å²) >= 11 is 5.04. The standard InChI is InChI=1S/C11H10ClF2N3/c12-11(13,14)10(17-15)8-3-1-5-9-7(8)4-2-6-16-9/h1-6,10,17H,15H2. The highest BCUT2D eigenvalue weighted by Gasteiger charge is 2.38. The van der Waals surface area contributed by atoms with Crippen LogP contribution in [0.25, 0.3) is 10.9 Å². The van der Waals surface area contributed by atoms with E-state index in [-0.39, 0.29) is 0 Å². The molecule has 0 aliphatic rings. The number of halogens is 3. The predicted molar refractivity (Wildman–Crippen MR) is 62.6 cm³/mol. The molecule has 0 aliphatic heterocycles. The summed E-state index contributed by atoms with van der Waals surface area (Å²) in [5.41, 5.74) is 2.98. The van der Waals surface area contributed by atoms with E-state index in [2.05, 4.69) is 4.98 Å². The number of nitrogens with two attached hydrogens (primary N) is 1. The van der Waals surface area contributed by atoms with E-state index in [0.717, 1.165) is 0 Å². The number of nitrogens with zero attached hydrogens (tertiary/aromatic N) is 1. The van der Waals surface area contributed by atoms with Gasteiger partial charge in [-0.3, -0.25) is 10.8 Å². The van der Waals surface area contributed by atoms with Crippen LogP contribution in [0.2, 0.25) is 0 Å². The minimum absolute atomic E-state index is 0.318. The monoisotopic (exact) mass is 257 g/mol. The van der Waals surface area contributed by atoms with Crippen molar-refractivity contribution in [2.75, 3.05) is 0 Å². The van der Waals surface area contributed by atoms with Gasteiger partial charge in [-0.1, -0.05) is 18.2 Å². The van der Waals surface area contributed by atoms with Gasteiger partial charge in [-0.2, -0.15) is 8.78 Å². The number of rotatable bonds is 3. The van der Waals surface area contributed by atoms with E-state index >= 15 is 0 Å². The van der Waals surface area contributed by atoms with Crippen molar-refractivity contribution < 1.29 is 8.78 Å². The van der Waals surface area contributed by atoms with Crippen LogP contribution in [0, 0.1) is 0 Å². The van der Waals surface area contributed by atoms with Crippen molar-refractivity contribution in [2.24, 2.45) is 5.84 Å². The van der Waals surface area contributed by atoms with Gasteiger partial charge in [-0.25, -0.2) is 5.43 Å². The Balaban J connectivity index is 2.62. The van der Waals surface area contributed by atoms with Crippen molar-refractivity contribution in [3.8, 4) is 0 Å². The van der Waals surface area contributed by atoms with Gasteiger partial charge in [0, 0.05) is 11.6 Å². The van der Waals surface area contributed by atoms with E-state index in [1.54, 1.807) is 36.5 Å². The van der Waals surface area contributed by atoms with Gasteiger partial charge in [-0.05, 0) is 29.3 Å². The molecule has 1 aromatic heterocycles. The summed E-state index contributed by atoms with van der Waals surface area (Å²) in [5, 5.41) is -2.88. The zero-order chi connectivity index (χ0) is 12.5.